The predicted molar refractivity (Wildman–Crippen MR) is 75.8 cm³/mol. The molecule has 0 saturated carbocycles. The topological polar surface area (TPSA) is 12.0 Å². The van der Waals surface area contributed by atoms with Gasteiger partial charge in [-0.25, -0.2) is 0 Å². The van der Waals surface area contributed by atoms with Crippen LogP contribution in [0.25, 0.3) is 0 Å². The van der Waals surface area contributed by atoms with Gasteiger partial charge in [-0.2, -0.15) is 13.2 Å². The first-order chi connectivity index (χ1) is 9.46. The number of hydrogen-bond donors (Lipinski definition) is 1. The van der Waals surface area contributed by atoms with Crippen LogP contribution in [-0.2, 0) is 6.54 Å². The third-order valence-corrected chi connectivity index (χ3v) is 4.14. The molecule has 20 heavy (non-hydrogen) atoms. The zero-order chi connectivity index (χ0) is 14.6. The molecular formula is C15H16F3NS. The van der Waals surface area contributed by atoms with Gasteiger partial charge in [0, 0.05) is 17.5 Å². The number of benzene rings is 1. The minimum atomic E-state index is -4.18. The molecule has 5 heteroatoms. The van der Waals surface area contributed by atoms with E-state index in [1.165, 1.54) is 0 Å². The van der Waals surface area contributed by atoms with Crippen LogP contribution in [0.1, 0.15) is 28.5 Å². The van der Waals surface area contributed by atoms with E-state index in [-0.39, 0.29) is 0 Å². The van der Waals surface area contributed by atoms with E-state index in [2.05, 4.69) is 5.32 Å². The molecular weight excluding hydrogens is 283 g/mol. The Morgan fingerprint density at radius 2 is 1.85 bits per heavy atom. The molecule has 0 fully saturated rings. The highest BCUT2D eigenvalue weighted by Gasteiger charge is 2.32. The summed E-state index contributed by atoms with van der Waals surface area (Å²) in [6.45, 7) is 2.42. The van der Waals surface area contributed by atoms with Crippen molar-refractivity contribution in [3.8, 4) is 0 Å². The first-order valence-corrected chi connectivity index (χ1v) is 7.22. The van der Waals surface area contributed by atoms with Crippen molar-refractivity contribution in [1.29, 1.82) is 0 Å². The molecule has 0 bridgehead atoms. The third-order valence-electron chi connectivity index (χ3n) is 3.11. The van der Waals surface area contributed by atoms with E-state index in [4.69, 9.17) is 0 Å². The van der Waals surface area contributed by atoms with Gasteiger partial charge in [0.1, 0.15) is 0 Å². The molecule has 0 saturated heterocycles. The van der Waals surface area contributed by atoms with Gasteiger partial charge < -0.3 is 5.32 Å². The maximum atomic E-state index is 12.7. The summed E-state index contributed by atoms with van der Waals surface area (Å²) in [5.41, 5.74) is 1.78. The van der Waals surface area contributed by atoms with Crippen LogP contribution in [0.5, 0.6) is 0 Å². The molecule has 1 N–H and O–H groups in total. The summed E-state index contributed by atoms with van der Waals surface area (Å²) in [6.07, 6.45) is -5.04. The van der Waals surface area contributed by atoms with Gasteiger partial charge in [0.2, 0.25) is 0 Å². The lowest BCUT2D eigenvalue weighted by atomic mass is 10.0. The molecule has 1 heterocycles. The van der Waals surface area contributed by atoms with Gasteiger partial charge in [0.15, 0.2) is 0 Å². The van der Waals surface area contributed by atoms with Crippen molar-refractivity contribution in [2.45, 2.75) is 32.1 Å². The van der Waals surface area contributed by atoms with E-state index in [0.29, 0.717) is 12.1 Å². The molecule has 0 radical (unpaired) electrons. The Morgan fingerprint density at radius 1 is 1.15 bits per heavy atom. The number of hydrogen-bond acceptors (Lipinski definition) is 2. The van der Waals surface area contributed by atoms with Gasteiger partial charge in [-0.05, 0) is 29.5 Å². The summed E-state index contributed by atoms with van der Waals surface area (Å²) in [6, 6.07) is 10.0. The van der Waals surface area contributed by atoms with E-state index in [1.54, 1.807) is 41.7 Å². The highest BCUT2D eigenvalue weighted by Crippen LogP contribution is 2.30. The van der Waals surface area contributed by atoms with Crippen LogP contribution in [0.15, 0.2) is 41.8 Å². The Kier molecular flexibility index (Phi) is 4.83. The van der Waals surface area contributed by atoms with Crippen LogP contribution in [0.3, 0.4) is 0 Å². The van der Waals surface area contributed by atoms with Crippen molar-refractivity contribution in [2.24, 2.45) is 0 Å². The number of alkyl halides is 3. The Balaban J connectivity index is 2.09. The average molecular weight is 299 g/mol. The maximum Gasteiger partial charge on any atom is 0.390 e. The van der Waals surface area contributed by atoms with Crippen molar-refractivity contribution in [3.63, 3.8) is 0 Å². The lowest BCUT2D eigenvalue weighted by molar-refractivity contribution is -0.140. The van der Waals surface area contributed by atoms with Crippen molar-refractivity contribution < 1.29 is 13.2 Å². The summed E-state index contributed by atoms with van der Waals surface area (Å²) in [4.78, 5) is 1.08. The fraction of sp³-hybridized carbons (Fsp3) is 0.333. The quantitative estimate of drug-likeness (QED) is 0.833. The Hall–Kier alpha value is -1.33. The summed E-state index contributed by atoms with van der Waals surface area (Å²) in [5, 5.41) is 4.98. The van der Waals surface area contributed by atoms with E-state index >= 15 is 0 Å². The molecule has 1 unspecified atom stereocenters. The Bertz CT molecular complexity index is 534. The monoisotopic (exact) mass is 299 g/mol. The molecule has 108 valence electrons. The standard InChI is InChI=1S/C15H16F3NS/c1-11-7-8-20-14(11)10-19-13(9-15(16,17)18)12-5-3-2-4-6-12/h2-8,13,19H,9-10H2,1H3. The van der Waals surface area contributed by atoms with Gasteiger partial charge in [-0.15, -0.1) is 11.3 Å². The number of halogens is 3. The van der Waals surface area contributed by atoms with Gasteiger partial charge >= 0.3 is 6.18 Å². The molecule has 1 aromatic heterocycles. The van der Waals surface area contributed by atoms with Gasteiger partial charge in [0.05, 0.1) is 6.42 Å². The fourth-order valence-corrected chi connectivity index (χ4v) is 2.88. The summed E-state index contributed by atoms with van der Waals surface area (Å²) in [7, 11) is 0. The molecule has 0 spiro atoms. The molecule has 1 atom stereocenters. The summed E-state index contributed by atoms with van der Waals surface area (Å²) in [5.74, 6) is 0. The molecule has 0 aliphatic heterocycles. The molecule has 1 nitrogen and oxygen atoms in total. The molecule has 2 aromatic rings. The SMILES string of the molecule is Cc1ccsc1CNC(CC(F)(F)F)c1ccccc1. The largest absolute Gasteiger partial charge is 0.390 e. The summed E-state index contributed by atoms with van der Waals surface area (Å²) < 4.78 is 38.1. The van der Waals surface area contributed by atoms with E-state index in [0.717, 1.165) is 10.4 Å². The van der Waals surface area contributed by atoms with Gasteiger partial charge in [-0.1, -0.05) is 30.3 Å². The lowest BCUT2D eigenvalue weighted by Crippen LogP contribution is -2.26. The zero-order valence-corrected chi connectivity index (χ0v) is 11.9. The number of rotatable bonds is 5. The molecule has 0 aliphatic rings. The molecule has 0 aliphatic carbocycles. The molecule has 0 amide bonds. The zero-order valence-electron chi connectivity index (χ0n) is 11.1. The summed E-state index contributed by atoms with van der Waals surface area (Å²) >= 11 is 1.56. The Labute approximate surface area is 120 Å². The van der Waals surface area contributed by atoms with Crippen LogP contribution in [0.4, 0.5) is 13.2 Å². The first-order valence-electron chi connectivity index (χ1n) is 6.34. The van der Waals surface area contributed by atoms with Crippen LogP contribution in [-0.4, -0.2) is 6.18 Å². The molecule has 1 aromatic carbocycles. The molecule has 2 rings (SSSR count). The maximum absolute atomic E-state index is 12.7. The lowest BCUT2D eigenvalue weighted by Gasteiger charge is -2.20. The van der Waals surface area contributed by atoms with Crippen molar-refractivity contribution in [3.05, 3.63) is 57.8 Å². The van der Waals surface area contributed by atoms with Crippen LogP contribution in [0.2, 0.25) is 0 Å². The average Bonchev–Trinajstić information content (AvgIpc) is 2.80. The van der Waals surface area contributed by atoms with Crippen LogP contribution in [0, 0.1) is 6.92 Å². The van der Waals surface area contributed by atoms with E-state index in [9.17, 15) is 13.2 Å². The van der Waals surface area contributed by atoms with Crippen molar-refractivity contribution in [1.82, 2.24) is 5.32 Å². The highest BCUT2D eigenvalue weighted by atomic mass is 32.1. The minimum Gasteiger partial charge on any atom is -0.305 e. The smallest absolute Gasteiger partial charge is 0.305 e. The van der Waals surface area contributed by atoms with Gasteiger partial charge in [0.25, 0.3) is 0 Å². The third kappa shape index (κ3) is 4.35. The minimum absolute atomic E-state index is 0.457. The van der Waals surface area contributed by atoms with Crippen LogP contribution >= 0.6 is 11.3 Å². The number of nitrogens with one attached hydrogen (secondary N) is 1. The van der Waals surface area contributed by atoms with Gasteiger partial charge in [-0.3, -0.25) is 0 Å². The highest BCUT2D eigenvalue weighted by molar-refractivity contribution is 7.10. The first kappa shape index (κ1) is 15.1. The second-order valence-electron chi connectivity index (χ2n) is 4.69. The Morgan fingerprint density at radius 3 is 2.40 bits per heavy atom. The van der Waals surface area contributed by atoms with E-state index in [1.807, 2.05) is 18.4 Å². The number of aryl methyl sites for hydroxylation is 1. The second-order valence-corrected chi connectivity index (χ2v) is 5.69. The van der Waals surface area contributed by atoms with Crippen LogP contribution < -0.4 is 5.32 Å². The van der Waals surface area contributed by atoms with Crippen molar-refractivity contribution in [2.75, 3.05) is 0 Å². The fourth-order valence-electron chi connectivity index (χ4n) is 2.03. The normalized spacial score (nSPS) is 13.4. The predicted octanol–water partition coefficient (Wildman–Crippen LogP) is 4.84. The van der Waals surface area contributed by atoms with Crippen molar-refractivity contribution >= 4 is 11.3 Å². The van der Waals surface area contributed by atoms with E-state index < -0.39 is 18.6 Å². The number of thiophene rings is 1. The second kappa shape index (κ2) is 6.41.